The van der Waals surface area contributed by atoms with Gasteiger partial charge < -0.3 is 9.47 Å². The van der Waals surface area contributed by atoms with E-state index in [1.807, 2.05) is 32.0 Å². The Morgan fingerprint density at radius 1 is 1.06 bits per heavy atom. The minimum atomic E-state index is -0.278. The average Bonchev–Trinajstić information content (AvgIpc) is 2.27. The Morgan fingerprint density at radius 2 is 1.65 bits per heavy atom. The van der Waals surface area contributed by atoms with Crippen molar-refractivity contribution in [2.45, 2.75) is 59.0 Å². The molecule has 0 amide bonds. The van der Waals surface area contributed by atoms with Crippen molar-refractivity contribution in [3.8, 4) is 0 Å². The summed E-state index contributed by atoms with van der Waals surface area (Å²) in [5, 5.41) is 0. The maximum Gasteiger partial charge on any atom is 0.0888 e. The number of benzene rings is 1. The van der Waals surface area contributed by atoms with Gasteiger partial charge in [0.15, 0.2) is 0 Å². The maximum absolute atomic E-state index is 5.95. The normalized spacial score (nSPS) is 14.0. The van der Waals surface area contributed by atoms with Gasteiger partial charge in [0, 0.05) is 0 Å². The fourth-order valence-corrected chi connectivity index (χ4v) is 1.53. The van der Waals surface area contributed by atoms with Crippen molar-refractivity contribution in [1.29, 1.82) is 0 Å². The molecule has 0 aromatic heterocycles. The van der Waals surface area contributed by atoms with Crippen molar-refractivity contribution in [3.05, 3.63) is 35.9 Å². The molecule has 2 nitrogen and oxygen atoms in total. The standard InChI is InChI=1S/C15H24O2/c1-12(2)17-13(3)15(4,5)16-11-14-9-7-6-8-10-14/h6-10,12-13H,11H2,1-5H3. The van der Waals surface area contributed by atoms with Gasteiger partial charge >= 0.3 is 0 Å². The molecule has 0 saturated heterocycles. The molecule has 0 bridgehead atoms. The Hall–Kier alpha value is -0.860. The summed E-state index contributed by atoms with van der Waals surface area (Å²) in [5.41, 5.74) is 0.914. The summed E-state index contributed by atoms with van der Waals surface area (Å²) in [5.74, 6) is 0. The number of ether oxygens (including phenoxy) is 2. The van der Waals surface area contributed by atoms with E-state index in [-0.39, 0.29) is 17.8 Å². The van der Waals surface area contributed by atoms with Crippen molar-refractivity contribution in [2.24, 2.45) is 0 Å². The highest BCUT2D eigenvalue weighted by Gasteiger charge is 2.28. The van der Waals surface area contributed by atoms with E-state index in [0.717, 1.165) is 0 Å². The van der Waals surface area contributed by atoms with Crippen LogP contribution in [0.25, 0.3) is 0 Å². The summed E-state index contributed by atoms with van der Waals surface area (Å²) >= 11 is 0. The molecule has 0 radical (unpaired) electrons. The van der Waals surface area contributed by atoms with Crippen LogP contribution in [0.5, 0.6) is 0 Å². The first kappa shape index (κ1) is 14.2. The van der Waals surface area contributed by atoms with Gasteiger partial charge in [-0.3, -0.25) is 0 Å². The molecule has 2 heteroatoms. The molecule has 17 heavy (non-hydrogen) atoms. The lowest BCUT2D eigenvalue weighted by Gasteiger charge is -2.33. The van der Waals surface area contributed by atoms with Crippen molar-refractivity contribution in [1.82, 2.24) is 0 Å². The molecule has 96 valence electrons. The van der Waals surface area contributed by atoms with Gasteiger partial charge in [-0.2, -0.15) is 0 Å². The van der Waals surface area contributed by atoms with Crippen molar-refractivity contribution >= 4 is 0 Å². The zero-order valence-corrected chi connectivity index (χ0v) is 11.6. The number of hydrogen-bond acceptors (Lipinski definition) is 2. The van der Waals surface area contributed by atoms with E-state index in [9.17, 15) is 0 Å². The minimum Gasteiger partial charge on any atom is -0.373 e. The van der Waals surface area contributed by atoms with E-state index in [2.05, 4.69) is 32.9 Å². The zero-order valence-electron chi connectivity index (χ0n) is 11.6. The molecule has 0 aliphatic heterocycles. The Balaban J connectivity index is 2.49. The molecule has 1 aromatic rings. The first-order chi connectivity index (χ1) is 7.92. The lowest BCUT2D eigenvalue weighted by atomic mass is 10.0. The van der Waals surface area contributed by atoms with E-state index in [1.54, 1.807) is 0 Å². The molecule has 1 unspecified atom stereocenters. The molecule has 1 rings (SSSR count). The number of rotatable bonds is 6. The predicted octanol–water partition coefficient (Wildman–Crippen LogP) is 3.80. The van der Waals surface area contributed by atoms with E-state index >= 15 is 0 Å². The molecule has 0 saturated carbocycles. The van der Waals surface area contributed by atoms with Crippen molar-refractivity contribution < 1.29 is 9.47 Å². The van der Waals surface area contributed by atoms with E-state index in [4.69, 9.17) is 9.47 Å². The molecule has 0 N–H and O–H groups in total. The first-order valence-corrected chi connectivity index (χ1v) is 6.25. The smallest absolute Gasteiger partial charge is 0.0888 e. The molecular weight excluding hydrogens is 212 g/mol. The van der Waals surface area contributed by atoms with Crippen LogP contribution in [0.4, 0.5) is 0 Å². The molecule has 0 aliphatic carbocycles. The highest BCUT2D eigenvalue weighted by atomic mass is 16.6. The second-order valence-corrected chi connectivity index (χ2v) is 5.20. The molecular formula is C15H24O2. The summed E-state index contributed by atoms with van der Waals surface area (Å²) < 4.78 is 11.7. The molecule has 0 aliphatic rings. The fraction of sp³-hybridized carbons (Fsp3) is 0.600. The number of hydrogen-bond donors (Lipinski definition) is 0. The SMILES string of the molecule is CC(C)OC(C)C(C)(C)OCc1ccccc1. The summed E-state index contributed by atoms with van der Waals surface area (Å²) in [4.78, 5) is 0. The van der Waals surface area contributed by atoms with Gasteiger partial charge in [-0.25, -0.2) is 0 Å². The predicted molar refractivity (Wildman–Crippen MR) is 71.0 cm³/mol. The van der Waals surface area contributed by atoms with Crippen LogP contribution in [-0.4, -0.2) is 17.8 Å². The van der Waals surface area contributed by atoms with E-state index < -0.39 is 0 Å². The van der Waals surface area contributed by atoms with Gasteiger partial charge in [0.2, 0.25) is 0 Å². The zero-order chi connectivity index (χ0) is 12.9. The van der Waals surface area contributed by atoms with Crippen LogP contribution in [0.15, 0.2) is 30.3 Å². The van der Waals surface area contributed by atoms with Crippen molar-refractivity contribution in [2.75, 3.05) is 0 Å². The Bertz CT molecular complexity index is 317. The lowest BCUT2D eigenvalue weighted by molar-refractivity contribution is -0.140. The lowest BCUT2D eigenvalue weighted by Crippen LogP contribution is -2.40. The third-order valence-electron chi connectivity index (χ3n) is 2.91. The van der Waals surface area contributed by atoms with Gasteiger partial charge in [0.25, 0.3) is 0 Å². The summed E-state index contributed by atoms with van der Waals surface area (Å²) in [6.07, 6.45) is 0.302. The van der Waals surface area contributed by atoms with Gasteiger partial charge in [-0.1, -0.05) is 30.3 Å². The summed E-state index contributed by atoms with van der Waals surface area (Å²) in [7, 11) is 0. The average molecular weight is 236 g/mol. The van der Waals surface area contributed by atoms with Crippen LogP contribution >= 0.6 is 0 Å². The van der Waals surface area contributed by atoms with Crippen LogP contribution in [0.1, 0.15) is 40.2 Å². The Morgan fingerprint density at radius 3 is 2.18 bits per heavy atom. The second kappa shape index (κ2) is 6.18. The van der Waals surface area contributed by atoms with E-state index in [0.29, 0.717) is 6.61 Å². The summed E-state index contributed by atoms with van der Waals surface area (Å²) in [6.45, 7) is 10.9. The van der Waals surface area contributed by atoms with Crippen LogP contribution in [0.3, 0.4) is 0 Å². The van der Waals surface area contributed by atoms with Crippen LogP contribution in [0, 0.1) is 0 Å². The highest BCUT2D eigenvalue weighted by Crippen LogP contribution is 2.20. The Kier molecular flexibility index (Phi) is 5.16. The topological polar surface area (TPSA) is 18.5 Å². The van der Waals surface area contributed by atoms with Gasteiger partial charge in [0.1, 0.15) is 0 Å². The van der Waals surface area contributed by atoms with Gasteiger partial charge in [0.05, 0.1) is 24.4 Å². The van der Waals surface area contributed by atoms with Crippen LogP contribution in [-0.2, 0) is 16.1 Å². The molecule has 1 aromatic carbocycles. The Labute approximate surface area is 105 Å². The minimum absolute atomic E-state index is 0.0752. The van der Waals surface area contributed by atoms with Crippen LogP contribution in [0.2, 0.25) is 0 Å². The fourth-order valence-electron chi connectivity index (χ4n) is 1.53. The van der Waals surface area contributed by atoms with Gasteiger partial charge in [-0.05, 0) is 40.2 Å². The summed E-state index contributed by atoms with van der Waals surface area (Å²) in [6, 6.07) is 10.2. The molecule has 0 fully saturated rings. The molecule has 0 heterocycles. The van der Waals surface area contributed by atoms with Crippen LogP contribution < -0.4 is 0 Å². The van der Waals surface area contributed by atoms with Crippen molar-refractivity contribution in [3.63, 3.8) is 0 Å². The van der Waals surface area contributed by atoms with Gasteiger partial charge in [-0.15, -0.1) is 0 Å². The third kappa shape index (κ3) is 4.88. The molecule has 1 atom stereocenters. The third-order valence-corrected chi connectivity index (χ3v) is 2.91. The first-order valence-electron chi connectivity index (χ1n) is 6.25. The maximum atomic E-state index is 5.95. The largest absolute Gasteiger partial charge is 0.373 e. The quantitative estimate of drug-likeness (QED) is 0.748. The molecule has 0 spiro atoms. The second-order valence-electron chi connectivity index (χ2n) is 5.20. The van der Waals surface area contributed by atoms with E-state index in [1.165, 1.54) is 5.56 Å². The highest BCUT2D eigenvalue weighted by molar-refractivity contribution is 5.13. The monoisotopic (exact) mass is 236 g/mol.